The van der Waals surface area contributed by atoms with Gasteiger partial charge < -0.3 is 15.7 Å². The van der Waals surface area contributed by atoms with Crippen LogP contribution in [0.5, 0.6) is 0 Å². The molecule has 0 aliphatic rings. The molecule has 3 nitrogen and oxygen atoms in total. The lowest BCUT2D eigenvalue weighted by atomic mass is 10.1. The average Bonchev–Trinajstić information content (AvgIpc) is 2.48. The Hall–Kier alpha value is -1.36. The van der Waals surface area contributed by atoms with Gasteiger partial charge in [-0.3, -0.25) is 0 Å². The Kier molecular flexibility index (Phi) is 5.79. The van der Waals surface area contributed by atoms with Gasteiger partial charge in [0.25, 0.3) is 0 Å². The minimum atomic E-state index is -0.0607. The highest BCUT2D eigenvalue weighted by molar-refractivity contribution is 9.10. The number of nitrogens with two attached hydrogens (primary N) is 1. The molecule has 0 amide bonds. The zero-order valence-electron chi connectivity index (χ0n) is 12.2. The van der Waals surface area contributed by atoms with Crippen LogP contribution in [-0.4, -0.2) is 18.3 Å². The van der Waals surface area contributed by atoms with Gasteiger partial charge in [-0.15, -0.1) is 0 Å². The van der Waals surface area contributed by atoms with E-state index in [-0.39, 0.29) is 12.6 Å². The second-order valence-corrected chi connectivity index (χ2v) is 6.04. The monoisotopic (exact) mass is 348 g/mol. The minimum absolute atomic E-state index is 0.0607. The summed E-state index contributed by atoms with van der Waals surface area (Å²) >= 11 is 3.50. The first kappa shape index (κ1) is 16.0. The Morgan fingerprint density at radius 1 is 1.19 bits per heavy atom. The van der Waals surface area contributed by atoms with Crippen molar-refractivity contribution >= 4 is 21.6 Å². The molecule has 2 aromatic rings. The van der Waals surface area contributed by atoms with Crippen LogP contribution in [0.15, 0.2) is 53.0 Å². The van der Waals surface area contributed by atoms with Crippen molar-refractivity contribution in [3.05, 3.63) is 64.1 Å². The number of hydrogen-bond acceptors (Lipinski definition) is 3. The quantitative estimate of drug-likeness (QED) is 0.840. The molecule has 3 N–H and O–H groups in total. The van der Waals surface area contributed by atoms with Crippen LogP contribution in [0, 0.1) is 0 Å². The number of hydrogen-bond donors (Lipinski definition) is 2. The number of benzene rings is 2. The van der Waals surface area contributed by atoms with Gasteiger partial charge in [0.2, 0.25) is 0 Å². The third-order valence-corrected chi connectivity index (χ3v) is 3.90. The molecule has 0 spiro atoms. The van der Waals surface area contributed by atoms with Crippen LogP contribution in [0.1, 0.15) is 24.1 Å². The SMILES string of the molecule is CC(N)c1cc(Br)ccc1N(CCO)Cc1ccccc1. The summed E-state index contributed by atoms with van der Waals surface area (Å²) < 4.78 is 1.02. The second kappa shape index (κ2) is 7.59. The smallest absolute Gasteiger partial charge is 0.0606 e. The molecule has 21 heavy (non-hydrogen) atoms. The highest BCUT2D eigenvalue weighted by Gasteiger charge is 2.14. The second-order valence-electron chi connectivity index (χ2n) is 5.12. The summed E-state index contributed by atoms with van der Waals surface area (Å²) in [6.07, 6.45) is 0. The van der Waals surface area contributed by atoms with Gasteiger partial charge in [0, 0.05) is 29.3 Å². The van der Waals surface area contributed by atoms with Crippen molar-refractivity contribution in [3.8, 4) is 0 Å². The van der Waals surface area contributed by atoms with E-state index in [0.717, 1.165) is 22.3 Å². The number of rotatable bonds is 6. The summed E-state index contributed by atoms with van der Waals surface area (Å²) in [4.78, 5) is 2.17. The number of nitrogens with zero attached hydrogens (tertiary/aromatic N) is 1. The lowest BCUT2D eigenvalue weighted by Crippen LogP contribution is -2.28. The van der Waals surface area contributed by atoms with Gasteiger partial charge in [-0.1, -0.05) is 46.3 Å². The van der Waals surface area contributed by atoms with Crippen LogP contribution in [0.4, 0.5) is 5.69 Å². The Balaban J connectivity index is 2.34. The lowest BCUT2D eigenvalue weighted by molar-refractivity contribution is 0.301. The van der Waals surface area contributed by atoms with Gasteiger partial charge in [-0.2, -0.15) is 0 Å². The summed E-state index contributed by atoms with van der Waals surface area (Å²) in [5, 5.41) is 9.38. The molecule has 0 aliphatic heterocycles. The molecule has 2 aromatic carbocycles. The maximum Gasteiger partial charge on any atom is 0.0606 e. The molecule has 2 rings (SSSR count). The lowest BCUT2D eigenvalue weighted by Gasteiger charge is -2.28. The predicted octanol–water partition coefficient (Wildman–Crippen LogP) is 3.47. The van der Waals surface area contributed by atoms with Crippen molar-refractivity contribution in [3.63, 3.8) is 0 Å². The van der Waals surface area contributed by atoms with E-state index >= 15 is 0 Å². The summed E-state index contributed by atoms with van der Waals surface area (Å²) in [7, 11) is 0. The van der Waals surface area contributed by atoms with Crippen LogP contribution in [0.2, 0.25) is 0 Å². The molecular formula is C17H21BrN2O. The molecule has 0 heterocycles. The molecule has 0 fully saturated rings. The van der Waals surface area contributed by atoms with Crippen molar-refractivity contribution in [1.82, 2.24) is 0 Å². The number of halogens is 1. The molecule has 1 unspecified atom stereocenters. The molecule has 0 saturated carbocycles. The van der Waals surface area contributed by atoms with E-state index in [1.54, 1.807) is 0 Å². The number of anilines is 1. The fraction of sp³-hybridized carbons (Fsp3) is 0.294. The Labute approximate surface area is 134 Å². The topological polar surface area (TPSA) is 49.5 Å². The fourth-order valence-corrected chi connectivity index (χ4v) is 2.77. The summed E-state index contributed by atoms with van der Waals surface area (Å²) in [6.45, 7) is 3.42. The van der Waals surface area contributed by atoms with Crippen LogP contribution in [0.25, 0.3) is 0 Å². The predicted molar refractivity (Wildman–Crippen MR) is 91.3 cm³/mol. The number of aliphatic hydroxyl groups excluding tert-OH is 1. The van der Waals surface area contributed by atoms with Crippen LogP contribution in [0.3, 0.4) is 0 Å². The summed E-state index contributed by atoms with van der Waals surface area (Å²) in [6, 6.07) is 16.3. The molecule has 0 aromatic heterocycles. The third-order valence-electron chi connectivity index (χ3n) is 3.41. The van der Waals surface area contributed by atoms with Gasteiger partial charge >= 0.3 is 0 Å². The maximum atomic E-state index is 9.38. The molecule has 0 bridgehead atoms. The Morgan fingerprint density at radius 2 is 1.90 bits per heavy atom. The molecule has 0 saturated heterocycles. The van der Waals surface area contributed by atoms with E-state index in [4.69, 9.17) is 5.73 Å². The van der Waals surface area contributed by atoms with Crippen molar-refractivity contribution in [1.29, 1.82) is 0 Å². The van der Waals surface area contributed by atoms with E-state index in [1.807, 2.05) is 31.2 Å². The molecule has 4 heteroatoms. The van der Waals surface area contributed by atoms with Gasteiger partial charge in [0.15, 0.2) is 0 Å². The normalized spacial score (nSPS) is 12.2. The highest BCUT2D eigenvalue weighted by atomic mass is 79.9. The summed E-state index contributed by atoms with van der Waals surface area (Å²) in [5.41, 5.74) is 9.47. The zero-order chi connectivity index (χ0) is 15.2. The van der Waals surface area contributed by atoms with Crippen LogP contribution >= 0.6 is 15.9 Å². The zero-order valence-corrected chi connectivity index (χ0v) is 13.8. The van der Waals surface area contributed by atoms with Crippen LogP contribution in [-0.2, 0) is 6.54 Å². The van der Waals surface area contributed by atoms with Gasteiger partial charge in [-0.05, 0) is 36.2 Å². The van der Waals surface area contributed by atoms with E-state index in [9.17, 15) is 5.11 Å². The van der Waals surface area contributed by atoms with Crippen molar-refractivity contribution in [2.24, 2.45) is 5.73 Å². The van der Waals surface area contributed by atoms with Crippen LogP contribution < -0.4 is 10.6 Å². The van der Waals surface area contributed by atoms with Crippen molar-refractivity contribution in [2.75, 3.05) is 18.1 Å². The maximum absolute atomic E-state index is 9.38. The largest absolute Gasteiger partial charge is 0.395 e. The standard InChI is InChI=1S/C17H21BrN2O/c1-13(19)16-11-15(18)7-8-17(16)20(9-10-21)12-14-5-3-2-4-6-14/h2-8,11,13,21H,9-10,12,19H2,1H3. The Bertz CT molecular complexity index is 572. The highest BCUT2D eigenvalue weighted by Crippen LogP contribution is 2.29. The van der Waals surface area contributed by atoms with Crippen molar-refractivity contribution < 1.29 is 5.11 Å². The first-order valence-electron chi connectivity index (χ1n) is 7.06. The summed E-state index contributed by atoms with van der Waals surface area (Å²) in [5.74, 6) is 0. The first-order chi connectivity index (χ1) is 10.1. The van der Waals surface area contributed by atoms with E-state index in [1.165, 1.54) is 5.56 Å². The minimum Gasteiger partial charge on any atom is -0.395 e. The fourth-order valence-electron chi connectivity index (χ4n) is 2.39. The van der Waals surface area contributed by atoms with E-state index in [0.29, 0.717) is 6.54 Å². The van der Waals surface area contributed by atoms with Gasteiger partial charge in [0.1, 0.15) is 0 Å². The first-order valence-corrected chi connectivity index (χ1v) is 7.86. The van der Waals surface area contributed by atoms with E-state index in [2.05, 4.69) is 45.1 Å². The molecule has 0 aliphatic carbocycles. The van der Waals surface area contributed by atoms with Gasteiger partial charge in [0.05, 0.1) is 6.61 Å². The molecular weight excluding hydrogens is 328 g/mol. The molecule has 112 valence electrons. The Morgan fingerprint density at radius 3 is 2.52 bits per heavy atom. The third kappa shape index (κ3) is 4.30. The van der Waals surface area contributed by atoms with E-state index < -0.39 is 0 Å². The number of aliphatic hydroxyl groups is 1. The molecule has 0 radical (unpaired) electrons. The van der Waals surface area contributed by atoms with Crippen molar-refractivity contribution in [2.45, 2.75) is 19.5 Å². The van der Waals surface area contributed by atoms with Gasteiger partial charge in [-0.25, -0.2) is 0 Å². The average molecular weight is 349 g/mol. The molecule has 1 atom stereocenters.